The fraction of sp³-hybridized carbons (Fsp3) is 0.348. The van der Waals surface area contributed by atoms with E-state index in [1.54, 1.807) is 6.07 Å². The molecular formula is C23H27ClN4O2S. The van der Waals surface area contributed by atoms with Crippen molar-refractivity contribution in [1.29, 1.82) is 0 Å². The molecule has 0 saturated carbocycles. The molecular weight excluding hydrogens is 432 g/mol. The first kappa shape index (κ1) is 23.2. The third-order valence-electron chi connectivity index (χ3n) is 4.63. The summed E-state index contributed by atoms with van der Waals surface area (Å²) in [5.74, 6) is 2.21. The fourth-order valence-electron chi connectivity index (χ4n) is 2.89. The van der Waals surface area contributed by atoms with Crippen molar-refractivity contribution in [2.75, 3.05) is 11.1 Å². The normalized spacial score (nSPS) is 11.0. The molecule has 3 aromatic rings. The molecule has 0 unspecified atom stereocenters. The number of nitrogens with one attached hydrogen (secondary N) is 1. The van der Waals surface area contributed by atoms with E-state index in [0.717, 1.165) is 40.9 Å². The molecule has 0 aliphatic heterocycles. The molecule has 6 nitrogen and oxygen atoms in total. The molecule has 0 aliphatic carbocycles. The molecule has 2 aromatic carbocycles. The molecule has 0 spiro atoms. The van der Waals surface area contributed by atoms with Crippen LogP contribution in [0.25, 0.3) is 0 Å². The van der Waals surface area contributed by atoms with E-state index in [-0.39, 0.29) is 11.7 Å². The molecule has 8 heteroatoms. The van der Waals surface area contributed by atoms with Gasteiger partial charge in [-0.2, -0.15) is 0 Å². The Hall–Kier alpha value is -2.51. The van der Waals surface area contributed by atoms with Gasteiger partial charge in [0.2, 0.25) is 5.91 Å². The van der Waals surface area contributed by atoms with Crippen LogP contribution in [0.1, 0.15) is 31.7 Å². The molecule has 0 radical (unpaired) electrons. The highest BCUT2D eigenvalue weighted by Gasteiger charge is 2.16. The molecule has 31 heavy (non-hydrogen) atoms. The fourth-order valence-corrected chi connectivity index (χ4v) is 3.90. The number of carbonyl (C=O) groups is 1. The number of ether oxygens (including phenoxy) is 1. The molecule has 0 fully saturated rings. The van der Waals surface area contributed by atoms with Gasteiger partial charge in [-0.1, -0.05) is 55.4 Å². The number of rotatable bonds is 10. The van der Waals surface area contributed by atoms with E-state index in [9.17, 15) is 4.79 Å². The number of hydrogen-bond donors (Lipinski definition) is 1. The lowest BCUT2D eigenvalue weighted by atomic mass is 10.1. The van der Waals surface area contributed by atoms with Gasteiger partial charge < -0.3 is 14.6 Å². The summed E-state index contributed by atoms with van der Waals surface area (Å²) >= 11 is 7.36. The number of nitrogens with zero attached hydrogens (tertiary/aromatic N) is 3. The number of anilines is 1. The Bertz CT molecular complexity index is 1010. The standard InChI is InChI=1S/C23H27ClN4O2S/c1-16(2)11-12-28-21(14-30-19-7-5-4-6-8-19)26-27-23(28)31-15-22(29)25-20-10-9-18(24)13-17(20)3/h4-10,13,16H,11-12,14-15H2,1-3H3,(H,25,29). The Morgan fingerprint density at radius 3 is 2.68 bits per heavy atom. The highest BCUT2D eigenvalue weighted by atomic mass is 35.5. The van der Waals surface area contributed by atoms with E-state index >= 15 is 0 Å². The Labute approximate surface area is 192 Å². The Kier molecular flexibility index (Phi) is 8.37. The minimum atomic E-state index is -0.101. The molecule has 1 N–H and O–H groups in total. The van der Waals surface area contributed by atoms with Crippen LogP contribution in [0.5, 0.6) is 5.75 Å². The Balaban J connectivity index is 1.64. The Morgan fingerprint density at radius 1 is 1.19 bits per heavy atom. The SMILES string of the molecule is Cc1cc(Cl)ccc1NC(=O)CSc1nnc(COc2ccccc2)n1CCC(C)C. The quantitative estimate of drug-likeness (QED) is 0.401. The summed E-state index contributed by atoms with van der Waals surface area (Å²) in [6.07, 6.45) is 0.986. The van der Waals surface area contributed by atoms with Crippen molar-refractivity contribution in [3.63, 3.8) is 0 Å². The maximum Gasteiger partial charge on any atom is 0.234 e. The first-order valence-corrected chi connectivity index (χ1v) is 11.6. The molecule has 1 amide bonds. The van der Waals surface area contributed by atoms with E-state index in [4.69, 9.17) is 16.3 Å². The number of amides is 1. The highest BCUT2D eigenvalue weighted by molar-refractivity contribution is 7.99. The Morgan fingerprint density at radius 2 is 1.97 bits per heavy atom. The molecule has 3 rings (SSSR count). The lowest BCUT2D eigenvalue weighted by molar-refractivity contribution is -0.113. The minimum Gasteiger partial charge on any atom is -0.486 e. The predicted molar refractivity (Wildman–Crippen MR) is 126 cm³/mol. The van der Waals surface area contributed by atoms with Gasteiger partial charge in [0, 0.05) is 17.3 Å². The van der Waals surface area contributed by atoms with Crippen LogP contribution in [0.3, 0.4) is 0 Å². The van der Waals surface area contributed by atoms with Gasteiger partial charge >= 0.3 is 0 Å². The second-order valence-electron chi connectivity index (χ2n) is 7.63. The van der Waals surface area contributed by atoms with Gasteiger partial charge in [-0.3, -0.25) is 4.79 Å². The summed E-state index contributed by atoms with van der Waals surface area (Å²) in [7, 11) is 0. The zero-order chi connectivity index (χ0) is 22.2. The summed E-state index contributed by atoms with van der Waals surface area (Å²) in [6.45, 7) is 7.37. The maximum absolute atomic E-state index is 12.5. The largest absolute Gasteiger partial charge is 0.486 e. The van der Waals surface area contributed by atoms with E-state index in [0.29, 0.717) is 17.5 Å². The van der Waals surface area contributed by atoms with Gasteiger partial charge in [-0.25, -0.2) is 0 Å². The summed E-state index contributed by atoms with van der Waals surface area (Å²) in [6, 6.07) is 15.0. The van der Waals surface area contributed by atoms with Crippen LogP contribution in [-0.2, 0) is 17.9 Å². The van der Waals surface area contributed by atoms with Crippen LogP contribution in [-0.4, -0.2) is 26.4 Å². The third-order valence-corrected chi connectivity index (χ3v) is 5.83. The zero-order valence-electron chi connectivity index (χ0n) is 18.0. The third kappa shape index (κ3) is 7.01. The van der Waals surface area contributed by atoms with E-state index in [1.807, 2.05) is 49.4 Å². The zero-order valence-corrected chi connectivity index (χ0v) is 19.5. The smallest absolute Gasteiger partial charge is 0.234 e. The van der Waals surface area contributed by atoms with Crippen LogP contribution in [0.4, 0.5) is 5.69 Å². The van der Waals surface area contributed by atoms with Gasteiger partial charge in [0.15, 0.2) is 11.0 Å². The number of halogens is 1. The van der Waals surface area contributed by atoms with Crippen molar-refractivity contribution in [2.24, 2.45) is 5.92 Å². The van der Waals surface area contributed by atoms with Crippen LogP contribution in [0.15, 0.2) is 53.7 Å². The summed E-state index contributed by atoms with van der Waals surface area (Å²) in [5.41, 5.74) is 1.68. The van der Waals surface area contributed by atoms with Crippen molar-refractivity contribution in [1.82, 2.24) is 14.8 Å². The number of hydrogen-bond acceptors (Lipinski definition) is 5. The first-order chi connectivity index (χ1) is 14.9. The summed E-state index contributed by atoms with van der Waals surface area (Å²) in [4.78, 5) is 12.5. The van der Waals surface area contributed by atoms with Crippen molar-refractivity contribution < 1.29 is 9.53 Å². The molecule has 164 valence electrons. The average Bonchev–Trinajstić information content (AvgIpc) is 3.13. The van der Waals surface area contributed by atoms with E-state index in [1.165, 1.54) is 11.8 Å². The monoisotopic (exact) mass is 458 g/mol. The number of carbonyl (C=O) groups excluding carboxylic acids is 1. The van der Waals surface area contributed by atoms with Gasteiger partial charge in [0.25, 0.3) is 0 Å². The van der Waals surface area contributed by atoms with Gasteiger partial charge in [-0.15, -0.1) is 10.2 Å². The number of aromatic nitrogens is 3. The summed E-state index contributed by atoms with van der Waals surface area (Å²) in [5, 5.41) is 12.9. The van der Waals surface area contributed by atoms with E-state index < -0.39 is 0 Å². The molecule has 0 aliphatic rings. The van der Waals surface area contributed by atoms with Crippen molar-refractivity contribution in [3.8, 4) is 5.75 Å². The second-order valence-corrected chi connectivity index (χ2v) is 9.01. The number of thioether (sulfide) groups is 1. The highest BCUT2D eigenvalue weighted by Crippen LogP contribution is 2.22. The van der Waals surface area contributed by atoms with Crippen LogP contribution in [0, 0.1) is 12.8 Å². The van der Waals surface area contributed by atoms with Crippen LogP contribution >= 0.6 is 23.4 Å². The first-order valence-electron chi connectivity index (χ1n) is 10.2. The molecule has 0 saturated heterocycles. The minimum absolute atomic E-state index is 0.101. The van der Waals surface area contributed by atoms with Crippen molar-refractivity contribution in [2.45, 2.75) is 45.5 Å². The van der Waals surface area contributed by atoms with E-state index in [2.05, 4.69) is 33.9 Å². The van der Waals surface area contributed by atoms with Crippen molar-refractivity contribution in [3.05, 3.63) is 64.9 Å². The molecule has 0 atom stereocenters. The summed E-state index contributed by atoms with van der Waals surface area (Å²) < 4.78 is 7.91. The lowest BCUT2D eigenvalue weighted by Crippen LogP contribution is -2.16. The van der Waals surface area contributed by atoms with Crippen molar-refractivity contribution >= 4 is 35.0 Å². The van der Waals surface area contributed by atoms with Gasteiger partial charge in [0.1, 0.15) is 12.4 Å². The topological polar surface area (TPSA) is 69.0 Å². The average molecular weight is 459 g/mol. The maximum atomic E-state index is 12.5. The predicted octanol–water partition coefficient (Wildman–Crippen LogP) is 5.60. The number of benzene rings is 2. The van der Waals surface area contributed by atoms with Crippen LogP contribution < -0.4 is 10.1 Å². The molecule has 0 bridgehead atoms. The molecule has 1 heterocycles. The molecule has 1 aromatic heterocycles. The van der Waals surface area contributed by atoms with Gasteiger partial charge in [0.05, 0.1) is 5.75 Å². The van der Waals surface area contributed by atoms with Gasteiger partial charge in [-0.05, 0) is 55.2 Å². The second kappa shape index (κ2) is 11.2. The number of aryl methyl sites for hydroxylation is 1. The lowest BCUT2D eigenvalue weighted by Gasteiger charge is -2.13. The number of para-hydroxylation sites is 1. The van der Waals surface area contributed by atoms with Crippen LogP contribution in [0.2, 0.25) is 5.02 Å².